The number of aromatic nitrogens is 3. The Morgan fingerprint density at radius 2 is 1.96 bits per heavy atom. The number of benzene rings is 1. The number of nitrogens with one attached hydrogen (secondary N) is 1. The molecule has 0 amide bonds. The van der Waals surface area contributed by atoms with Gasteiger partial charge in [0, 0.05) is 23.3 Å². The molecular weight excluding hydrogens is 334 g/mol. The lowest BCUT2D eigenvalue weighted by molar-refractivity contribution is -0.119. The van der Waals surface area contributed by atoms with Crippen molar-refractivity contribution in [2.75, 3.05) is 0 Å². The molecule has 1 aromatic carbocycles. The highest BCUT2D eigenvalue weighted by molar-refractivity contribution is 7.07. The van der Waals surface area contributed by atoms with E-state index in [0.29, 0.717) is 9.20 Å². The lowest BCUT2D eigenvalue weighted by atomic mass is 9.91. The molecule has 0 aliphatic heterocycles. The molecule has 0 bridgehead atoms. The average Bonchev–Trinajstić information content (AvgIpc) is 3.15. The molecule has 0 fully saturated rings. The minimum Gasteiger partial charge on any atom is -0.313 e. The Kier molecular flexibility index (Phi) is 4.55. The largest absolute Gasteiger partial charge is 0.313 e. The van der Waals surface area contributed by atoms with E-state index in [9.17, 15) is 9.59 Å². The molecule has 0 radical (unpaired) electrons. The van der Waals surface area contributed by atoms with E-state index in [2.05, 4.69) is 10.1 Å². The van der Waals surface area contributed by atoms with Crippen molar-refractivity contribution < 1.29 is 4.79 Å². The van der Waals surface area contributed by atoms with Crippen molar-refractivity contribution in [1.82, 2.24) is 14.8 Å². The van der Waals surface area contributed by atoms with Gasteiger partial charge in [-0.1, -0.05) is 39.0 Å². The maximum absolute atomic E-state index is 12.1. The molecule has 3 rings (SSSR count). The van der Waals surface area contributed by atoms with E-state index in [1.807, 2.05) is 57.3 Å². The van der Waals surface area contributed by atoms with E-state index in [0.717, 1.165) is 11.3 Å². The number of nitrogens with zero attached hydrogens (tertiary/aromatic N) is 2. The van der Waals surface area contributed by atoms with Gasteiger partial charge in [-0.2, -0.15) is 5.10 Å². The molecule has 128 valence electrons. The van der Waals surface area contributed by atoms with E-state index in [4.69, 9.17) is 0 Å². The Hall–Kier alpha value is -2.73. The van der Waals surface area contributed by atoms with Crippen LogP contribution in [0.1, 0.15) is 26.3 Å². The summed E-state index contributed by atoms with van der Waals surface area (Å²) >= 11 is 1.27. The Morgan fingerprint density at radius 1 is 1.24 bits per heavy atom. The van der Waals surface area contributed by atoms with Crippen molar-refractivity contribution in [3.63, 3.8) is 0 Å². The number of carbonyl (C=O) groups is 1. The van der Waals surface area contributed by atoms with Crippen molar-refractivity contribution in [2.45, 2.75) is 20.8 Å². The number of para-hydroxylation sites is 1. The van der Waals surface area contributed by atoms with Gasteiger partial charge in [0.1, 0.15) is 0 Å². The second-order valence-electron chi connectivity index (χ2n) is 6.74. The van der Waals surface area contributed by atoms with E-state index >= 15 is 0 Å². The summed E-state index contributed by atoms with van der Waals surface area (Å²) in [5, 5.41) is 4.32. The van der Waals surface area contributed by atoms with E-state index in [-0.39, 0.29) is 11.3 Å². The highest BCUT2D eigenvalue weighted by Gasteiger charge is 2.18. The molecular formula is C19H19N3O2S. The van der Waals surface area contributed by atoms with Crippen molar-refractivity contribution in [3.05, 3.63) is 67.8 Å². The van der Waals surface area contributed by atoms with E-state index in [1.54, 1.807) is 17.0 Å². The fourth-order valence-corrected chi connectivity index (χ4v) is 3.03. The third-order valence-electron chi connectivity index (χ3n) is 3.60. The summed E-state index contributed by atoms with van der Waals surface area (Å²) in [4.78, 5) is 26.9. The zero-order chi connectivity index (χ0) is 18.0. The quantitative estimate of drug-likeness (QED) is 0.781. The standard InChI is InChI=1S/C19H19N3O2S/c1-19(2,3)16(23)10-17-21-18(24)15(25-17)9-13-11-20-22(12-13)14-7-5-4-6-8-14/h4-12H,1-3H3,(H,21,24)/b15-9+,17-10+. The topological polar surface area (TPSA) is 67.8 Å². The summed E-state index contributed by atoms with van der Waals surface area (Å²) in [6.45, 7) is 5.55. The van der Waals surface area contributed by atoms with E-state index < -0.39 is 5.41 Å². The molecule has 0 saturated carbocycles. The van der Waals surface area contributed by atoms with Gasteiger partial charge in [0.15, 0.2) is 5.78 Å². The van der Waals surface area contributed by atoms with Gasteiger partial charge in [0.25, 0.3) is 5.56 Å². The normalized spacial score (nSPS) is 13.4. The summed E-state index contributed by atoms with van der Waals surface area (Å²) < 4.78 is 2.86. The Morgan fingerprint density at radius 3 is 2.64 bits per heavy atom. The minimum absolute atomic E-state index is 0.0200. The van der Waals surface area contributed by atoms with E-state index in [1.165, 1.54) is 17.4 Å². The van der Waals surface area contributed by atoms with Gasteiger partial charge in [0.05, 0.1) is 21.1 Å². The Balaban J connectivity index is 1.96. The minimum atomic E-state index is -0.471. The number of aromatic amines is 1. The molecule has 0 aliphatic carbocycles. The number of thiazole rings is 1. The van der Waals surface area contributed by atoms with Gasteiger partial charge >= 0.3 is 0 Å². The maximum atomic E-state index is 12.1. The van der Waals surface area contributed by atoms with Crippen LogP contribution in [0.5, 0.6) is 0 Å². The van der Waals surface area contributed by atoms with Crippen LogP contribution in [0, 0.1) is 5.41 Å². The average molecular weight is 353 g/mol. The summed E-state index contributed by atoms with van der Waals surface area (Å²) in [7, 11) is 0. The van der Waals surface area contributed by atoms with Crippen LogP contribution in [0.3, 0.4) is 0 Å². The second kappa shape index (κ2) is 6.64. The fraction of sp³-hybridized carbons (Fsp3) is 0.211. The van der Waals surface area contributed by atoms with Crippen molar-refractivity contribution >= 4 is 29.3 Å². The van der Waals surface area contributed by atoms with Gasteiger partial charge in [-0.25, -0.2) is 4.68 Å². The van der Waals surface area contributed by atoms with Gasteiger partial charge in [-0.05, 0) is 18.2 Å². The Labute approximate surface area is 149 Å². The fourth-order valence-electron chi connectivity index (χ4n) is 2.14. The molecule has 1 N–H and O–H groups in total. The van der Waals surface area contributed by atoms with Crippen LogP contribution in [-0.4, -0.2) is 20.5 Å². The second-order valence-corrected chi connectivity index (χ2v) is 7.83. The first-order valence-corrected chi connectivity index (χ1v) is 8.72. The molecule has 0 saturated heterocycles. The molecule has 0 atom stereocenters. The highest BCUT2D eigenvalue weighted by atomic mass is 32.1. The zero-order valence-electron chi connectivity index (χ0n) is 14.3. The lowest BCUT2D eigenvalue weighted by Crippen LogP contribution is -2.22. The smallest absolute Gasteiger partial charge is 0.266 e. The van der Waals surface area contributed by atoms with Crippen LogP contribution in [0.2, 0.25) is 0 Å². The van der Waals surface area contributed by atoms with Crippen molar-refractivity contribution in [1.29, 1.82) is 0 Å². The molecule has 6 heteroatoms. The first kappa shape index (κ1) is 17.1. The van der Waals surface area contributed by atoms with Crippen LogP contribution < -0.4 is 14.8 Å². The number of ketones is 1. The van der Waals surface area contributed by atoms with Crippen LogP contribution in [0.4, 0.5) is 0 Å². The molecule has 2 heterocycles. The summed E-state index contributed by atoms with van der Waals surface area (Å²) in [6.07, 6.45) is 6.83. The van der Waals surface area contributed by atoms with Crippen LogP contribution >= 0.6 is 11.3 Å². The molecule has 3 aromatic rings. The number of hydrogen-bond acceptors (Lipinski definition) is 4. The molecule has 0 spiro atoms. The predicted octanol–water partition coefficient (Wildman–Crippen LogP) is 1.85. The van der Waals surface area contributed by atoms with Crippen LogP contribution in [0.25, 0.3) is 17.8 Å². The number of rotatable bonds is 3. The van der Waals surface area contributed by atoms with Crippen molar-refractivity contribution in [2.24, 2.45) is 5.41 Å². The third-order valence-corrected chi connectivity index (χ3v) is 4.57. The molecule has 2 aromatic heterocycles. The number of Topliss-reactive ketones (excluding diaryl/α,β-unsaturated/α-hetero) is 1. The molecule has 5 nitrogen and oxygen atoms in total. The van der Waals surface area contributed by atoms with Crippen LogP contribution in [-0.2, 0) is 4.79 Å². The molecule has 0 unspecified atom stereocenters. The van der Waals surface area contributed by atoms with Gasteiger partial charge < -0.3 is 4.98 Å². The van der Waals surface area contributed by atoms with Gasteiger partial charge in [0.2, 0.25) is 0 Å². The third kappa shape index (κ3) is 4.03. The Bertz CT molecular complexity index is 1070. The SMILES string of the molecule is CC(C)(C)C(=O)/C=c1\[nH]c(=O)/c(=C\c2cnn(-c3ccccc3)c2)s1. The summed E-state index contributed by atoms with van der Waals surface area (Å²) in [5.74, 6) is -0.0200. The van der Waals surface area contributed by atoms with Crippen LogP contribution in [0.15, 0.2) is 47.5 Å². The number of hydrogen-bond donors (Lipinski definition) is 1. The predicted molar refractivity (Wildman–Crippen MR) is 100 cm³/mol. The van der Waals surface area contributed by atoms with Crippen molar-refractivity contribution in [3.8, 4) is 5.69 Å². The number of H-pyrrole nitrogens is 1. The lowest BCUT2D eigenvalue weighted by Gasteiger charge is -2.12. The van der Waals surface area contributed by atoms with Gasteiger partial charge in [-0.15, -0.1) is 11.3 Å². The highest BCUT2D eigenvalue weighted by Crippen LogP contribution is 2.14. The first-order valence-electron chi connectivity index (χ1n) is 7.90. The van der Waals surface area contributed by atoms with Gasteiger partial charge in [-0.3, -0.25) is 9.59 Å². The molecule has 0 aliphatic rings. The monoisotopic (exact) mass is 353 g/mol. The zero-order valence-corrected chi connectivity index (χ0v) is 15.1. The summed E-state index contributed by atoms with van der Waals surface area (Å²) in [5.41, 5.74) is 1.10. The summed E-state index contributed by atoms with van der Waals surface area (Å²) in [6, 6.07) is 9.75. The maximum Gasteiger partial charge on any atom is 0.266 e. The first-order chi connectivity index (χ1) is 11.8. The molecule has 25 heavy (non-hydrogen) atoms. The number of carbonyl (C=O) groups excluding carboxylic acids is 1.